The van der Waals surface area contributed by atoms with E-state index in [9.17, 15) is 13.2 Å². The predicted octanol–water partition coefficient (Wildman–Crippen LogP) is 5.87. The van der Waals surface area contributed by atoms with Gasteiger partial charge in [-0.25, -0.2) is 13.9 Å². The van der Waals surface area contributed by atoms with Crippen LogP contribution in [0.5, 0.6) is 0 Å². The van der Waals surface area contributed by atoms with E-state index in [1.165, 1.54) is 11.6 Å². The van der Waals surface area contributed by atoms with Gasteiger partial charge in [-0.3, -0.25) is 9.63 Å². The van der Waals surface area contributed by atoms with E-state index in [0.29, 0.717) is 4.88 Å². The Bertz CT molecular complexity index is 1200. The van der Waals surface area contributed by atoms with E-state index >= 15 is 0 Å². The average molecular weight is 565 g/mol. The van der Waals surface area contributed by atoms with Gasteiger partial charge in [-0.2, -0.15) is 0 Å². The highest BCUT2D eigenvalue weighted by Gasteiger charge is 2.39. The number of aryl methyl sites for hydroxylation is 1. The maximum absolute atomic E-state index is 13.3. The summed E-state index contributed by atoms with van der Waals surface area (Å²) < 4.78 is 33.2. The minimum absolute atomic E-state index is 0.0467. The maximum atomic E-state index is 13.3. The Balaban J connectivity index is 2.15. The first-order valence-electron chi connectivity index (χ1n) is 12.5. The van der Waals surface area contributed by atoms with Gasteiger partial charge in [-0.05, 0) is 74.7 Å². The van der Waals surface area contributed by atoms with Gasteiger partial charge in [0.2, 0.25) is 8.32 Å². The Morgan fingerprint density at radius 3 is 2.32 bits per heavy atom. The van der Waals surface area contributed by atoms with Crippen LogP contribution in [0.2, 0.25) is 18.1 Å². The summed E-state index contributed by atoms with van der Waals surface area (Å²) in [5, 5.41) is -0.119. The van der Waals surface area contributed by atoms with Gasteiger partial charge >= 0.3 is 0 Å². The summed E-state index contributed by atoms with van der Waals surface area (Å²) in [6.45, 7) is 15.2. The zero-order chi connectivity index (χ0) is 27.9. The third-order valence-corrected chi connectivity index (χ3v) is 13.3. The number of nitrogens with zero attached hydrogens (tertiary/aromatic N) is 1. The molecule has 204 valence electrons. The number of carbonyl (C=O) groups is 1. The van der Waals surface area contributed by atoms with E-state index in [4.69, 9.17) is 9.36 Å². The number of rotatable bonds is 11. The smallest absolute Gasteiger partial charge is 0.275 e. The van der Waals surface area contributed by atoms with E-state index in [1.807, 2.05) is 46.0 Å². The minimum atomic E-state index is -4.09. The van der Waals surface area contributed by atoms with Gasteiger partial charge in [0.1, 0.15) is 10.8 Å². The average Bonchev–Trinajstić information content (AvgIpc) is 3.29. The number of thiophene rings is 1. The Labute approximate surface area is 227 Å². The lowest BCUT2D eigenvalue weighted by atomic mass is 10.1. The van der Waals surface area contributed by atoms with Crippen LogP contribution >= 0.6 is 11.3 Å². The van der Waals surface area contributed by atoms with Crippen molar-refractivity contribution in [2.24, 2.45) is 0 Å². The first-order chi connectivity index (χ1) is 17.2. The molecule has 0 bridgehead atoms. The molecule has 0 aliphatic rings. The van der Waals surface area contributed by atoms with Crippen LogP contribution in [-0.2, 0) is 30.6 Å². The number of hydrogen-bond donors (Lipinski definition) is 1. The summed E-state index contributed by atoms with van der Waals surface area (Å²) in [4.78, 5) is 18.7. The molecule has 0 saturated heterocycles. The number of nitrogens with one attached hydrogen (secondary N) is 1. The molecular weight excluding hydrogens is 525 g/mol. The highest BCUT2D eigenvalue weighted by molar-refractivity contribution is 7.91. The summed E-state index contributed by atoms with van der Waals surface area (Å²) >= 11 is 1.04. The monoisotopic (exact) mass is 564 g/mol. The molecule has 1 aromatic heterocycles. The van der Waals surface area contributed by atoms with E-state index in [2.05, 4.69) is 36.4 Å². The fourth-order valence-corrected chi connectivity index (χ4v) is 6.02. The molecule has 0 radical (unpaired) electrons. The van der Waals surface area contributed by atoms with Crippen LogP contribution in [0.15, 0.2) is 40.6 Å². The molecule has 0 unspecified atom stereocenters. The lowest BCUT2D eigenvalue weighted by Gasteiger charge is -2.35. The van der Waals surface area contributed by atoms with Crippen molar-refractivity contribution in [3.05, 3.63) is 52.4 Å². The Morgan fingerprint density at radius 1 is 1.11 bits per heavy atom. The molecule has 1 N–H and O–H groups in total. The molecule has 0 aliphatic carbocycles. The molecule has 37 heavy (non-hydrogen) atoms. The summed E-state index contributed by atoms with van der Waals surface area (Å²) in [6.07, 6.45) is 2.90. The molecule has 1 aromatic carbocycles. The molecule has 10 heteroatoms. The largest absolute Gasteiger partial charge is 0.319 e. The third kappa shape index (κ3) is 9.35. The quantitative estimate of drug-likeness (QED) is 0.209. The van der Waals surface area contributed by atoms with Gasteiger partial charge in [0, 0.05) is 5.56 Å². The number of benzene rings is 1. The van der Waals surface area contributed by atoms with Crippen LogP contribution in [-0.4, -0.2) is 39.8 Å². The summed E-state index contributed by atoms with van der Waals surface area (Å²) in [5.74, 6) is 5.52. The molecule has 7 nitrogen and oxygen atoms in total. The first-order valence-corrected chi connectivity index (χ1v) is 17.7. The SMILES string of the molecule is CCCCc1ccc(C#Cc2ccc(S(=O)(=O)N(CC(=O)NO[Si](C)(C)C(C)(C)C)OC(C)C)s2)cc1. The van der Waals surface area contributed by atoms with Crippen molar-refractivity contribution >= 4 is 35.6 Å². The number of unbranched alkanes of at least 4 members (excludes halogenated alkanes) is 1. The zero-order valence-electron chi connectivity index (χ0n) is 23.2. The van der Waals surface area contributed by atoms with Gasteiger partial charge in [-0.1, -0.05) is 62.6 Å². The van der Waals surface area contributed by atoms with Crippen molar-refractivity contribution in [2.45, 2.75) is 89.3 Å². The van der Waals surface area contributed by atoms with Crippen LogP contribution in [0.25, 0.3) is 0 Å². The maximum Gasteiger partial charge on any atom is 0.275 e. The second kappa shape index (κ2) is 13.2. The molecule has 0 aliphatic heterocycles. The number of hydroxylamine groups is 2. The normalized spacial score (nSPS) is 12.5. The summed E-state index contributed by atoms with van der Waals surface area (Å²) in [5.41, 5.74) is 4.57. The van der Waals surface area contributed by atoms with Crippen molar-refractivity contribution in [1.29, 1.82) is 0 Å². The number of carbonyl (C=O) groups excluding carboxylic acids is 1. The van der Waals surface area contributed by atoms with Crippen molar-refractivity contribution < 1.29 is 22.6 Å². The topological polar surface area (TPSA) is 84.9 Å². The number of amides is 1. The fraction of sp³-hybridized carbons (Fsp3) is 0.519. The minimum Gasteiger partial charge on any atom is -0.319 e. The Hall–Kier alpha value is -2.00. The van der Waals surface area contributed by atoms with Crippen LogP contribution in [0.1, 0.15) is 70.4 Å². The summed E-state index contributed by atoms with van der Waals surface area (Å²) in [7, 11) is -6.35. The Kier molecular flexibility index (Phi) is 11.1. The number of hydrogen-bond acceptors (Lipinski definition) is 6. The first kappa shape index (κ1) is 31.2. The van der Waals surface area contributed by atoms with Crippen molar-refractivity contribution in [1.82, 2.24) is 9.95 Å². The van der Waals surface area contributed by atoms with Crippen LogP contribution in [0, 0.1) is 11.8 Å². The highest BCUT2D eigenvalue weighted by Crippen LogP contribution is 2.35. The lowest BCUT2D eigenvalue weighted by molar-refractivity contribution is -0.148. The van der Waals surface area contributed by atoms with Crippen LogP contribution in [0.3, 0.4) is 0 Å². The number of sulfonamides is 1. The van der Waals surface area contributed by atoms with Gasteiger partial charge in [0.25, 0.3) is 15.9 Å². The van der Waals surface area contributed by atoms with Crippen LogP contribution in [0.4, 0.5) is 0 Å². The van der Waals surface area contributed by atoms with Gasteiger partial charge < -0.3 is 4.53 Å². The molecule has 2 rings (SSSR count). The van der Waals surface area contributed by atoms with E-state index in [-0.39, 0.29) is 9.25 Å². The fourth-order valence-electron chi connectivity index (χ4n) is 2.80. The molecule has 2 aromatic rings. The predicted molar refractivity (Wildman–Crippen MR) is 152 cm³/mol. The van der Waals surface area contributed by atoms with Crippen LogP contribution < -0.4 is 5.48 Å². The molecule has 0 spiro atoms. The van der Waals surface area contributed by atoms with Gasteiger partial charge in [-0.15, -0.1) is 11.3 Å². The Morgan fingerprint density at radius 2 is 1.76 bits per heavy atom. The van der Waals surface area contributed by atoms with E-state index in [1.54, 1.807) is 19.9 Å². The zero-order valence-corrected chi connectivity index (χ0v) is 25.8. The molecular formula is C27H40N2O5S2Si. The van der Waals surface area contributed by atoms with Crippen molar-refractivity contribution in [2.75, 3.05) is 6.54 Å². The van der Waals surface area contributed by atoms with E-state index in [0.717, 1.165) is 40.6 Å². The third-order valence-electron chi connectivity index (χ3n) is 6.03. The molecule has 0 saturated carbocycles. The summed E-state index contributed by atoms with van der Waals surface area (Å²) in [6, 6.07) is 11.3. The molecule has 0 atom stereocenters. The molecule has 0 fully saturated rings. The lowest BCUT2D eigenvalue weighted by Crippen LogP contribution is -2.49. The standard InChI is InChI=1S/C27H40N2O5S2Si/c1-9-10-11-22-12-14-23(15-13-22)16-17-24-18-19-26(35-24)36(31,32)29(33-21(2)3)20-25(30)28-34-37(7,8)27(4,5)6/h12-15,18-19,21H,9-11,20H2,1-8H3,(H,28,30). The van der Waals surface area contributed by atoms with Gasteiger partial charge in [0.15, 0.2) is 0 Å². The molecule has 1 amide bonds. The second-order valence-corrected chi connectivity index (χ2v) is 18.5. The van der Waals surface area contributed by atoms with Crippen molar-refractivity contribution in [3.8, 4) is 11.8 Å². The highest BCUT2D eigenvalue weighted by atomic mass is 32.2. The molecule has 1 heterocycles. The second-order valence-electron chi connectivity index (χ2n) is 10.7. The van der Waals surface area contributed by atoms with Crippen molar-refractivity contribution in [3.63, 3.8) is 0 Å². The van der Waals surface area contributed by atoms with E-state index < -0.39 is 36.9 Å². The van der Waals surface area contributed by atoms with Gasteiger partial charge in [0.05, 0.1) is 11.0 Å².